The monoisotopic (exact) mass is 255 g/mol. The minimum Gasteiger partial charge on any atom is -0.306 e. The van der Waals surface area contributed by atoms with Crippen LogP contribution in [0.2, 0.25) is 0 Å². The van der Waals surface area contributed by atoms with Gasteiger partial charge in [-0.1, -0.05) is 49.4 Å². The molecule has 0 saturated heterocycles. The van der Waals surface area contributed by atoms with Gasteiger partial charge in [0.2, 0.25) is 0 Å². The van der Waals surface area contributed by atoms with Gasteiger partial charge >= 0.3 is 0 Å². The number of fused-ring (bicyclic) bond motifs is 1. The molecule has 0 saturated carbocycles. The molecule has 1 N–H and O–H groups in total. The lowest BCUT2D eigenvalue weighted by molar-refractivity contribution is 0.395. The maximum Gasteiger partial charge on any atom is 0.126 e. The number of hydrogen-bond donors (Lipinski definition) is 1. The van der Waals surface area contributed by atoms with E-state index in [2.05, 4.69) is 36.5 Å². The second kappa shape index (κ2) is 5.14. The summed E-state index contributed by atoms with van der Waals surface area (Å²) >= 11 is 0. The highest BCUT2D eigenvalue weighted by Crippen LogP contribution is 2.30. The first kappa shape index (κ1) is 12.4. The van der Waals surface area contributed by atoms with E-state index in [1.54, 1.807) is 12.1 Å². The molecular weight excluding hydrogens is 237 g/mol. The lowest BCUT2D eigenvalue weighted by Gasteiger charge is -2.23. The average molecular weight is 255 g/mol. The van der Waals surface area contributed by atoms with Gasteiger partial charge in [-0.05, 0) is 35.1 Å². The largest absolute Gasteiger partial charge is 0.306 e. The highest BCUT2D eigenvalue weighted by Gasteiger charge is 2.25. The van der Waals surface area contributed by atoms with Crippen molar-refractivity contribution in [3.8, 4) is 0 Å². The molecule has 1 nitrogen and oxygen atoms in total. The van der Waals surface area contributed by atoms with Gasteiger partial charge in [0.1, 0.15) is 5.82 Å². The van der Waals surface area contributed by atoms with Gasteiger partial charge in [0, 0.05) is 12.6 Å². The van der Waals surface area contributed by atoms with E-state index >= 15 is 0 Å². The van der Waals surface area contributed by atoms with Crippen LogP contribution in [-0.4, -0.2) is 0 Å². The highest BCUT2D eigenvalue weighted by atomic mass is 19.1. The summed E-state index contributed by atoms with van der Waals surface area (Å²) in [6, 6.07) is 16.1. The third-order valence-electron chi connectivity index (χ3n) is 3.98. The van der Waals surface area contributed by atoms with Crippen molar-refractivity contribution in [3.63, 3.8) is 0 Å². The van der Waals surface area contributed by atoms with E-state index in [0.717, 1.165) is 24.1 Å². The summed E-state index contributed by atoms with van der Waals surface area (Å²) in [6.07, 6.45) is 0.786. The fraction of sp³-hybridized carbons (Fsp3) is 0.294. The molecule has 1 heterocycles. The van der Waals surface area contributed by atoms with Crippen molar-refractivity contribution in [1.29, 1.82) is 0 Å². The normalized spacial score (nSPS) is 22.6. The minimum absolute atomic E-state index is 0.0696. The van der Waals surface area contributed by atoms with E-state index < -0.39 is 0 Å². The molecule has 3 rings (SSSR count). The molecule has 2 atom stereocenters. The predicted molar refractivity (Wildman–Crippen MR) is 75.3 cm³/mol. The van der Waals surface area contributed by atoms with Gasteiger partial charge in [-0.3, -0.25) is 0 Å². The fourth-order valence-electron chi connectivity index (χ4n) is 2.97. The van der Waals surface area contributed by atoms with Crippen LogP contribution in [0.15, 0.2) is 48.5 Å². The van der Waals surface area contributed by atoms with Crippen molar-refractivity contribution in [3.05, 3.63) is 71.0 Å². The van der Waals surface area contributed by atoms with Crippen molar-refractivity contribution >= 4 is 0 Å². The van der Waals surface area contributed by atoms with E-state index in [-0.39, 0.29) is 11.9 Å². The van der Waals surface area contributed by atoms with Gasteiger partial charge in [-0.2, -0.15) is 0 Å². The summed E-state index contributed by atoms with van der Waals surface area (Å²) in [5, 5.41) is 3.56. The molecular formula is C17H18FN. The zero-order valence-electron chi connectivity index (χ0n) is 11.1. The van der Waals surface area contributed by atoms with E-state index in [9.17, 15) is 4.39 Å². The van der Waals surface area contributed by atoms with Crippen LogP contribution in [0.25, 0.3) is 0 Å². The van der Waals surface area contributed by atoms with E-state index in [4.69, 9.17) is 0 Å². The standard InChI is InChI=1S/C17H18FN/c1-12-10-15-14(8-5-9-16(15)18)11-19-17(12)13-6-3-2-4-7-13/h2-9,12,17,19H,10-11H2,1H3. The summed E-state index contributed by atoms with van der Waals surface area (Å²) in [4.78, 5) is 0. The van der Waals surface area contributed by atoms with E-state index in [1.165, 1.54) is 5.56 Å². The molecule has 0 bridgehead atoms. The summed E-state index contributed by atoms with van der Waals surface area (Å²) in [5.41, 5.74) is 3.24. The number of hydrogen-bond acceptors (Lipinski definition) is 1. The molecule has 2 unspecified atom stereocenters. The van der Waals surface area contributed by atoms with Crippen LogP contribution in [0.4, 0.5) is 4.39 Å². The Labute approximate surface area is 113 Å². The van der Waals surface area contributed by atoms with Crippen molar-refractivity contribution in [2.24, 2.45) is 5.92 Å². The first-order valence-electron chi connectivity index (χ1n) is 6.80. The van der Waals surface area contributed by atoms with Crippen LogP contribution >= 0.6 is 0 Å². The zero-order chi connectivity index (χ0) is 13.2. The zero-order valence-corrected chi connectivity index (χ0v) is 11.1. The number of halogens is 1. The van der Waals surface area contributed by atoms with Crippen LogP contribution in [-0.2, 0) is 13.0 Å². The molecule has 0 aromatic heterocycles. The lowest BCUT2D eigenvalue weighted by Crippen LogP contribution is -2.25. The molecule has 2 aromatic rings. The quantitative estimate of drug-likeness (QED) is 0.816. The summed E-state index contributed by atoms with van der Waals surface area (Å²) in [6.45, 7) is 2.92. The maximum absolute atomic E-state index is 13.9. The second-order valence-corrected chi connectivity index (χ2v) is 5.33. The van der Waals surface area contributed by atoms with Gasteiger partial charge in [0.05, 0.1) is 0 Å². The fourth-order valence-corrected chi connectivity index (χ4v) is 2.97. The predicted octanol–water partition coefficient (Wildman–Crippen LogP) is 3.85. The Balaban J connectivity index is 1.93. The number of benzene rings is 2. The number of nitrogens with one attached hydrogen (secondary N) is 1. The van der Waals surface area contributed by atoms with Gasteiger partial charge in [-0.25, -0.2) is 4.39 Å². The van der Waals surface area contributed by atoms with Crippen LogP contribution in [0.5, 0.6) is 0 Å². The van der Waals surface area contributed by atoms with Gasteiger partial charge in [0.25, 0.3) is 0 Å². The Morgan fingerprint density at radius 1 is 1.05 bits per heavy atom. The SMILES string of the molecule is CC1Cc2c(F)cccc2CNC1c1ccccc1. The summed E-state index contributed by atoms with van der Waals surface area (Å²) < 4.78 is 13.9. The molecule has 0 radical (unpaired) electrons. The van der Waals surface area contributed by atoms with Crippen LogP contribution in [0.1, 0.15) is 29.7 Å². The molecule has 0 amide bonds. The van der Waals surface area contributed by atoms with Crippen molar-refractivity contribution in [2.45, 2.75) is 25.9 Å². The molecule has 1 aliphatic heterocycles. The Morgan fingerprint density at radius 3 is 2.63 bits per heavy atom. The molecule has 19 heavy (non-hydrogen) atoms. The van der Waals surface area contributed by atoms with Gasteiger partial charge in [0.15, 0.2) is 0 Å². The second-order valence-electron chi connectivity index (χ2n) is 5.33. The van der Waals surface area contributed by atoms with Crippen LogP contribution in [0, 0.1) is 11.7 Å². The highest BCUT2D eigenvalue weighted by molar-refractivity contribution is 5.32. The van der Waals surface area contributed by atoms with Gasteiger partial charge < -0.3 is 5.32 Å². The Kier molecular flexibility index (Phi) is 3.34. The molecule has 0 spiro atoms. The molecule has 0 fully saturated rings. The molecule has 1 aliphatic rings. The first-order chi connectivity index (χ1) is 9.25. The van der Waals surface area contributed by atoms with E-state index in [0.29, 0.717) is 5.92 Å². The van der Waals surface area contributed by atoms with Crippen molar-refractivity contribution in [2.75, 3.05) is 0 Å². The lowest BCUT2D eigenvalue weighted by atomic mass is 9.89. The molecule has 2 aromatic carbocycles. The van der Waals surface area contributed by atoms with Crippen LogP contribution in [0.3, 0.4) is 0 Å². The molecule has 98 valence electrons. The minimum atomic E-state index is -0.0696. The third-order valence-corrected chi connectivity index (χ3v) is 3.98. The Bertz CT molecular complexity index is 565. The smallest absolute Gasteiger partial charge is 0.126 e. The van der Waals surface area contributed by atoms with Crippen molar-refractivity contribution in [1.82, 2.24) is 5.32 Å². The van der Waals surface area contributed by atoms with Crippen molar-refractivity contribution < 1.29 is 4.39 Å². The number of rotatable bonds is 1. The molecule has 2 heteroatoms. The Morgan fingerprint density at radius 2 is 1.84 bits per heavy atom. The van der Waals surface area contributed by atoms with E-state index in [1.807, 2.05) is 12.1 Å². The van der Waals surface area contributed by atoms with Crippen LogP contribution < -0.4 is 5.32 Å². The summed E-state index contributed by atoms with van der Waals surface area (Å²) in [7, 11) is 0. The average Bonchev–Trinajstić information content (AvgIpc) is 2.60. The third kappa shape index (κ3) is 2.41. The van der Waals surface area contributed by atoms with Gasteiger partial charge in [-0.15, -0.1) is 0 Å². The first-order valence-corrected chi connectivity index (χ1v) is 6.80. The summed E-state index contributed by atoms with van der Waals surface area (Å²) in [5.74, 6) is 0.306. The Hall–Kier alpha value is -1.67. The molecule has 0 aliphatic carbocycles. The maximum atomic E-state index is 13.9. The topological polar surface area (TPSA) is 12.0 Å².